The number of fused-ring (bicyclic) bond motifs is 5. The van der Waals surface area contributed by atoms with Gasteiger partial charge in [-0.1, -0.05) is 30.3 Å². The van der Waals surface area contributed by atoms with Crippen LogP contribution in [-0.4, -0.2) is 46.7 Å². The van der Waals surface area contributed by atoms with Gasteiger partial charge in [0.1, 0.15) is 6.04 Å². The standard InChI is InChI=1S/C23H28N2O3/c26-21(24-11-5-2-6-12-24)18(13-15-7-3-1-4-8-15)25-22(27)19-16-9-10-17(14-16)20(19)23(25)28/h1,3-4,7-8,16-20H,2,5-6,9-14H2/t16-,17-,18+,19-,20-/m0/s1. The number of carbonyl (C=O) groups excluding carboxylic acids is 3. The molecule has 0 radical (unpaired) electrons. The Bertz CT molecular complexity index is 758. The largest absolute Gasteiger partial charge is 0.341 e. The lowest BCUT2D eigenvalue weighted by atomic mass is 9.81. The molecule has 0 aromatic heterocycles. The third-order valence-electron chi connectivity index (χ3n) is 7.50. The lowest BCUT2D eigenvalue weighted by molar-refractivity contribution is -0.152. The Hall–Kier alpha value is -2.17. The molecule has 5 heteroatoms. The van der Waals surface area contributed by atoms with Gasteiger partial charge < -0.3 is 4.90 Å². The maximum Gasteiger partial charge on any atom is 0.246 e. The molecule has 5 atom stereocenters. The van der Waals surface area contributed by atoms with Crippen LogP contribution in [0.25, 0.3) is 0 Å². The highest BCUT2D eigenvalue weighted by atomic mass is 16.2. The fourth-order valence-corrected chi connectivity index (χ4v) is 6.19. The smallest absolute Gasteiger partial charge is 0.246 e. The first-order valence-corrected chi connectivity index (χ1v) is 10.8. The van der Waals surface area contributed by atoms with Crippen molar-refractivity contribution in [1.29, 1.82) is 0 Å². The summed E-state index contributed by atoms with van der Waals surface area (Å²) >= 11 is 0. The first kappa shape index (κ1) is 17.9. The van der Waals surface area contributed by atoms with Crippen molar-refractivity contribution in [1.82, 2.24) is 9.80 Å². The van der Waals surface area contributed by atoms with Crippen LogP contribution in [0.15, 0.2) is 30.3 Å². The van der Waals surface area contributed by atoms with Gasteiger partial charge in [0.25, 0.3) is 0 Å². The molecule has 0 N–H and O–H groups in total. The third-order valence-corrected chi connectivity index (χ3v) is 7.50. The highest BCUT2D eigenvalue weighted by molar-refractivity contribution is 6.09. The summed E-state index contributed by atoms with van der Waals surface area (Å²) in [5, 5.41) is 0. The van der Waals surface area contributed by atoms with E-state index in [2.05, 4.69) is 0 Å². The summed E-state index contributed by atoms with van der Waals surface area (Å²) in [5.41, 5.74) is 0.999. The molecule has 148 valence electrons. The maximum atomic E-state index is 13.5. The topological polar surface area (TPSA) is 57.7 Å². The number of imide groups is 1. The summed E-state index contributed by atoms with van der Waals surface area (Å²) in [6.45, 7) is 1.47. The van der Waals surface area contributed by atoms with Gasteiger partial charge in [-0.25, -0.2) is 0 Å². The Kier molecular flexibility index (Phi) is 4.48. The zero-order valence-electron chi connectivity index (χ0n) is 16.3. The maximum absolute atomic E-state index is 13.5. The van der Waals surface area contributed by atoms with Gasteiger partial charge in [-0.05, 0) is 55.9 Å². The summed E-state index contributed by atoms with van der Waals surface area (Å²) in [7, 11) is 0. The molecule has 2 saturated heterocycles. The van der Waals surface area contributed by atoms with Crippen LogP contribution in [0, 0.1) is 23.7 Å². The zero-order valence-corrected chi connectivity index (χ0v) is 16.3. The molecule has 4 aliphatic rings. The number of benzene rings is 1. The van der Waals surface area contributed by atoms with E-state index < -0.39 is 6.04 Å². The van der Waals surface area contributed by atoms with Crippen LogP contribution < -0.4 is 0 Å². The van der Waals surface area contributed by atoms with Crippen molar-refractivity contribution in [3.8, 4) is 0 Å². The Labute approximate surface area is 166 Å². The number of likely N-dealkylation sites (tertiary alicyclic amines) is 2. The van der Waals surface area contributed by atoms with Crippen LogP contribution in [0.2, 0.25) is 0 Å². The second kappa shape index (κ2) is 7.02. The van der Waals surface area contributed by atoms with Crippen LogP contribution in [0.5, 0.6) is 0 Å². The number of rotatable bonds is 4. The van der Waals surface area contributed by atoms with Crippen LogP contribution in [0.1, 0.15) is 44.1 Å². The van der Waals surface area contributed by atoms with Gasteiger partial charge in [-0.15, -0.1) is 0 Å². The van der Waals surface area contributed by atoms with Crippen molar-refractivity contribution in [3.05, 3.63) is 35.9 Å². The van der Waals surface area contributed by atoms with E-state index in [0.29, 0.717) is 18.3 Å². The number of nitrogens with zero attached hydrogens (tertiary/aromatic N) is 2. The first-order chi connectivity index (χ1) is 13.6. The summed E-state index contributed by atoms with van der Waals surface area (Å²) in [5.74, 6) is 0.162. The Morgan fingerprint density at radius 2 is 1.54 bits per heavy atom. The molecule has 1 aromatic rings. The molecule has 2 bridgehead atoms. The number of hydrogen-bond acceptors (Lipinski definition) is 3. The van der Waals surface area contributed by atoms with Crippen molar-refractivity contribution in [2.24, 2.45) is 23.7 Å². The second-order valence-electron chi connectivity index (χ2n) is 9.02. The minimum absolute atomic E-state index is 0.0439. The van der Waals surface area contributed by atoms with E-state index in [-0.39, 0.29) is 29.6 Å². The molecule has 0 spiro atoms. The lowest BCUT2D eigenvalue weighted by Gasteiger charge is -2.34. The Balaban J connectivity index is 1.46. The van der Waals surface area contributed by atoms with Gasteiger partial charge in [0.05, 0.1) is 11.8 Å². The second-order valence-corrected chi connectivity index (χ2v) is 9.02. The van der Waals surface area contributed by atoms with Gasteiger partial charge in [-0.3, -0.25) is 19.3 Å². The molecule has 5 nitrogen and oxygen atoms in total. The summed E-state index contributed by atoms with van der Waals surface area (Å²) in [6, 6.07) is 9.10. The number of carbonyl (C=O) groups is 3. The van der Waals surface area contributed by atoms with E-state index in [1.807, 2.05) is 35.2 Å². The molecule has 2 aliphatic carbocycles. The molecule has 0 unspecified atom stereocenters. The summed E-state index contributed by atoms with van der Waals surface area (Å²) in [6.07, 6.45) is 6.70. The average molecular weight is 380 g/mol. The van der Waals surface area contributed by atoms with Crippen LogP contribution in [0.4, 0.5) is 0 Å². The van der Waals surface area contributed by atoms with Gasteiger partial charge in [0.15, 0.2) is 0 Å². The van der Waals surface area contributed by atoms with E-state index in [0.717, 1.165) is 57.2 Å². The fourth-order valence-electron chi connectivity index (χ4n) is 6.19. The molecule has 28 heavy (non-hydrogen) atoms. The SMILES string of the molecule is O=C([C@@H](Cc1ccccc1)N1C(=O)[C@H]2[C@H]3CC[C@@H](C3)[C@@H]2C1=O)N1CCCCC1. The van der Waals surface area contributed by atoms with Crippen molar-refractivity contribution in [3.63, 3.8) is 0 Å². The number of piperidine rings is 1. The van der Waals surface area contributed by atoms with Gasteiger partial charge in [-0.2, -0.15) is 0 Å². The van der Waals surface area contributed by atoms with Crippen LogP contribution in [0.3, 0.4) is 0 Å². The molecule has 2 heterocycles. The van der Waals surface area contributed by atoms with Crippen molar-refractivity contribution in [2.75, 3.05) is 13.1 Å². The molecule has 1 aromatic carbocycles. The Morgan fingerprint density at radius 3 is 2.14 bits per heavy atom. The zero-order chi connectivity index (χ0) is 19.3. The van der Waals surface area contributed by atoms with E-state index in [4.69, 9.17) is 0 Å². The van der Waals surface area contributed by atoms with E-state index >= 15 is 0 Å². The monoisotopic (exact) mass is 380 g/mol. The van der Waals surface area contributed by atoms with Gasteiger partial charge in [0, 0.05) is 19.5 Å². The first-order valence-electron chi connectivity index (χ1n) is 10.8. The fraction of sp³-hybridized carbons (Fsp3) is 0.609. The average Bonchev–Trinajstić information content (AvgIpc) is 3.41. The predicted octanol–water partition coefficient (Wildman–Crippen LogP) is 2.64. The number of hydrogen-bond donors (Lipinski definition) is 0. The van der Waals surface area contributed by atoms with Gasteiger partial charge >= 0.3 is 0 Å². The summed E-state index contributed by atoms with van der Waals surface area (Å²) in [4.78, 5) is 43.4. The normalized spacial score (nSPS) is 32.7. The minimum atomic E-state index is -0.689. The molecular formula is C23H28N2O3. The molecule has 4 fully saturated rings. The van der Waals surface area contributed by atoms with Crippen molar-refractivity contribution in [2.45, 2.75) is 51.0 Å². The quantitative estimate of drug-likeness (QED) is 0.755. The highest BCUT2D eigenvalue weighted by Crippen LogP contribution is 2.56. The molecule has 5 rings (SSSR count). The van der Waals surface area contributed by atoms with Crippen molar-refractivity contribution < 1.29 is 14.4 Å². The molecule has 2 saturated carbocycles. The molecular weight excluding hydrogens is 352 g/mol. The molecule has 2 aliphatic heterocycles. The lowest BCUT2D eigenvalue weighted by Crippen LogP contribution is -2.53. The van der Waals surface area contributed by atoms with Crippen LogP contribution >= 0.6 is 0 Å². The summed E-state index contributed by atoms with van der Waals surface area (Å²) < 4.78 is 0. The highest BCUT2D eigenvalue weighted by Gasteiger charge is 2.62. The van der Waals surface area contributed by atoms with Crippen molar-refractivity contribution >= 4 is 17.7 Å². The Morgan fingerprint density at radius 1 is 0.929 bits per heavy atom. The minimum Gasteiger partial charge on any atom is -0.341 e. The van der Waals surface area contributed by atoms with E-state index in [1.54, 1.807) is 0 Å². The number of amides is 3. The third kappa shape index (κ3) is 2.78. The van der Waals surface area contributed by atoms with E-state index in [1.165, 1.54) is 4.90 Å². The molecule has 3 amide bonds. The van der Waals surface area contributed by atoms with Crippen LogP contribution in [-0.2, 0) is 20.8 Å². The van der Waals surface area contributed by atoms with E-state index in [9.17, 15) is 14.4 Å². The predicted molar refractivity (Wildman–Crippen MR) is 104 cm³/mol. The van der Waals surface area contributed by atoms with Gasteiger partial charge in [0.2, 0.25) is 17.7 Å².